The molecule has 0 heterocycles. The summed E-state index contributed by atoms with van der Waals surface area (Å²) < 4.78 is 0. The Morgan fingerprint density at radius 3 is 2.85 bits per heavy atom. The van der Waals surface area contributed by atoms with E-state index in [0.717, 1.165) is 12.8 Å². The third-order valence-electron chi connectivity index (χ3n) is 4.08. The quantitative estimate of drug-likeness (QED) is 0.668. The number of carbonyl (C=O) groups excluding carboxylic acids is 1. The van der Waals surface area contributed by atoms with Gasteiger partial charge in [-0.1, -0.05) is 18.9 Å². The van der Waals surface area contributed by atoms with Gasteiger partial charge in [0.15, 0.2) is 0 Å². The second kappa shape index (κ2) is 6.64. The van der Waals surface area contributed by atoms with Crippen molar-refractivity contribution in [2.24, 2.45) is 0 Å². The van der Waals surface area contributed by atoms with Gasteiger partial charge >= 0.3 is 0 Å². The van der Waals surface area contributed by atoms with Gasteiger partial charge in [-0.2, -0.15) is 0 Å². The summed E-state index contributed by atoms with van der Waals surface area (Å²) in [4.78, 5) is 18.3. The van der Waals surface area contributed by atoms with Crippen LogP contribution in [-0.2, 0) is 22.5 Å². The molecule has 20 heavy (non-hydrogen) atoms. The number of thioether (sulfide) groups is 1. The molecule has 0 spiro atoms. The minimum Gasteiger partial charge on any atom is -0.272 e. The molecule has 0 bridgehead atoms. The Balaban J connectivity index is 1.43. The average Bonchev–Trinajstić information content (AvgIpc) is 3.13. The van der Waals surface area contributed by atoms with E-state index in [1.807, 2.05) is 0 Å². The van der Waals surface area contributed by atoms with Crippen molar-refractivity contribution in [3.8, 4) is 0 Å². The minimum atomic E-state index is -0.0394. The monoisotopic (exact) mass is 291 g/mol. The van der Waals surface area contributed by atoms with E-state index < -0.39 is 0 Å². The van der Waals surface area contributed by atoms with Gasteiger partial charge in [0, 0.05) is 4.90 Å². The number of nitrogens with one attached hydrogen (secondary N) is 1. The highest BCUT2D eigenvalue weighted by atomic mass is 32.2. The fourth-order valence-electron chi connectivity index (χ4n) is 2.97. The molecule has 2 aliphatic rings. The Labute approximate surface area is 124 Å². The van der Waals surface area contributed by atoms with Crippen LogP contribution in [0.25, 0.3) is 0 Å². The van der Waals surface area contributed by atoms with Crippen molar-refractivity contribution < 1.29 is 9.63 Å². The highest BCUT2D eigenvalue weighted by Gasteiger charge is 2.17. The Morgan fingerprint density at radius 1 is 1.20 bits per heavy atom. The first-order valence-electron chi connectivity index (χ1n) is 7.50. The van der Waals surface area contributed by atoms with Crippen molar-refractivity contribution in [1.82, 2.24) is 5.48 Å². The van der Waals surface area contributed by atoms with Crippen LogP contribution in [0.4, 0.5) is 0 Å². The smallest absolute Gasteiger partial charge is 0.253 e. The Hall–Kier alpha value is -1.00. The summed E-state index contributed by atoms with van der Waals surface area (Å²) in [6.45, 7) is 0. The first-order chi connectivity index (χ1) is 9.81. The lowest BCUT2D eigenvalue weighted by molar-refractivity contribution is -0.135. The first kappa shape index (κ1) is 14.0. The molecule has 1 amide bonds. The SMILES string of the molecule is O=C(CSc1ccc2c(c1)CCC2)NOC1CCCC1. The van der Waals surface area contributed by atoms with Gasteiger partial charge in [0.05, 0.1) is 11.9 Å². The standard InChI is InChI=1S/C16H21NO2S/c18-16(17-19-14-6-1-2-7-14)11-20-15-9-8-12-4-3-5-13(12)10-15/h8-10,14H,1-7,11H2,(H,17,18). The summed E-state index contributed by atoms with van der Waals surface area (Å²) in [6.07, 6.45) is 8.44. The van der Waals surface area contributed by atoms with Crippen LogP contribution in [-0.4, -0.2) is 17.8 Å². The summed E-state index contributed by atoms with van der Waals surface area (Å²) in [6, 6.07) is 6.57. The largest absolute Gasteiger partial charge is 0.272 e. The third-order valence-corrected chi connectivity index (χ3v) is 5.08. The molecule has 1 N–H and O–H groups in total. The van der Waals surface area contributed by atoms with Crippen LogP contribution >= 0.6 is 11.8 Å². The van der Waals surface area contributed by atoms with E-state index in [1.165, 1.54) is 48.1 Å². The Kier molecular flexibility index (Phi) is 4.63. The number of hydroxylamine groups is 1. The lowest BCUT2D eigenvalue weighted by Gasteiger charge is -2.11. The summed E-state index contributed by atoms with van der Waals surface area (Å²) in [5.41, 5.74) is 5.52. The molecule has 0 saturated heterocycles. The maximum atomic E-state index is 11.7. The zero-order chi connectivity index (χ0) is 13.8. The van der Waals surface area contributed by atoms with Crippen LogP contribution in [0.1, 0.15) is 43.2 Å². The molecule has 1 aromatic rings. The Bertz CT molecular complexity index is 483. The molecule has 2 aliphatic carbocycles. The van der Waals surface area contributed by atoms with Crippen molar-refractivity contribution >= 4 is 17.7 Å². The van der Waals surface area contributed by atoms with Crippen LogP contribution in [0.3, 0.4) is 0 Å². The number of hydrogen-bond acceptors (Lipinski definition) is 3. The highest BCUT2D eigenvalue weighted by molar-refractivity contribution is 8.00. The van der Waals surface area contributed by atoms with Gasteiger partial charge in [-0.25, -0.2) is 5.48 Å². The van der Waals surface area contributed by atoms with E-state index >= 15 is 0 Å². The molecular weight excluding hydrogens is 270 g/mol. The number of amides is 1. The molecule has 3 rings (SSSR count). The molecule has 1 aromatic carbocycles. The van der Waals surface area contributed by atoms with Crippen molar-refractivity contribution in [2.75, 3.05) is 5.75 Å². The van der Waals surface area contributed by atoms with Gasteiger partial charge in [-0.15, -0.1) is 11.8 Å². The second-order valence-electron chi connectivity index (χ2n) is 5.62. The third kappa shape index (κ3) is 3.55. The number of benzene rings is 1. The summed E-state index contributed by atoms with van der Waals surface area (Å²) in [5, 5.41) is 0. The molecule has 0 atom stereocenters. The van der Waals surface area contributed by atoms with Crippen molar-refractivity contribution in [1.29, 1.82) is 0 Å². The summed E-state index contributed by atoms with van der Waals surface area (Å²) in [5.74, 6) is 0.383. The summed E-state index contributed by atoms with van der Waals surface area (Å²) in [7, 11) is 0. The van der Waals surface area contributed by atoms with Gasteiger partial charge in [-0.3, -0.25) is 9.63 Å². The molecule has 4 heteroatoms. The fourth-order valence-corrected chi connectivity index (χ4v) is 3.72. The fraction of sp³-hybridized carbons (Fsp3) is 0.562. The van der Waals surface area contributed by atoms with Crippen LogP contribution in [0.2, 0.25) is 0 Å². The molecular formula is C16H21NO2S. The van der Waals surface area contributed by atoms with E-state index in [1.54, 1.807) is 11.8 Å². The maximum absolute atomic E-state index is 11.7. The minimum absolute atomic E-state index is 0.0394. The van der Waals surface area contributed by atoms with E-state index in [-0.39, 0.29) is 12.0 Å². The lowest BCUT2D eigenvalue weighted by Crippen LogP contribution is -2.29. The van der Waals surface area contributed by atoms with Crippen molar-refractivity contribution in [2.45, 2.75) is 55.9 Å². The van der Waals surface area contributed by atoms with Crippen LogP contribution in [0, 0.1) is 0 Å². The van der Waals surface area contributed by atoms with E-state index in [0.29, 0.717) is 5.75 Å². The molecule has 0 aromatic heterocycles. The van der Waals surface area contributed by atoms with E-state index in [2.05, 4.69) is 23.7 Å². The average molecular weight is 291 g/mol. The molecule has 0 unspecified atom stereocenters. The molecule has 1 saturated carbocycles. The van der Waals surface area contributed by atoms with Crippen molar-refractivity contribution in [3.63, 3.8) is 0 Å². The normalized spacial score (nSPS) is 18.2. The molecule has 3 nitrogen and oxygen atoms in total. The summed E-state index contributed by atoms with van der Waals surface area (Å²) >= 11 is 1.58. The lowest BCUT2D eigenvalue weighted by atomic mass is 10.1. The number of fused-ring (bicyclic) bond motifs is 1. The zero-order valence-electron chi connectivity index (χ0n) is 11.7. The molecule has 0 aliphatic heterocycles. The molecule has 108 valence electrons. The second-order valence-corrected chi connectivity index (χ2v) is 6.67. The van der Waals surface area contributed by atoms with Crippen molar-refractivity contribution in [3.05, 3.63) is 29.3 Å². The number of rotatable bonds is 5. The van der Waals surface area contributed by atoms with Crippen LogP contribution in [0.5, 0.6) is 0 Å². The number of carbonyl (C=O) groups is 1. The zero-order valence-corrected chi connectivity index (χ0v) is 12.5. The van der Waals surface area contributed by atoms with E-state index in [9.17, 15) is 4.79 Å². The maximum Gasteiger partial charge on any atom is 0.253 e. The van der Waals surface area contributed by atoms with Gasteiger partial charge in [0.2, 0.25) is 0 Å². The number of hydrogen-bond donors (Lipinski definition) is 1. The van der Waals surface area contributed by atoms with Gasteiger partial charge in [0.25, 0.3) is 5.91 Å². The van der Waals surface area contributed by atoms with E-state index in [4.69, 9.17) is 4.84 Å². The predicted octanol–water partition coefficient (Wildman–Crippen LogP) is 3.26. The van der Waals surface area contributed by atoms with Crippen LogP contribution in [0.15, 0.2) is 23.1 Å². The highest BCUT2D eigenvalue weighted by Crippen LogP contribution is 2.27. The number of aryl methyl sites for hydroxylation is 2. The van der Waals surface area contributed by atoms with Gasteiger partial charge < -0.3 is 0 Å². The van der Waals surface area contributed by atoms with Gasteiger partial charge in [-0.05, 0) is 55.4 Å². The molecule has 1 fully saturated rings. The Morgan fingerprint density at radius 2 is 2.00 bits per heavy atom. The molecule has 0 radical (unpaired) electrons. The topological polar surface area (TPSA) is 38.3 Å². The van der Waals surface area contributed by atoms with Gasteiger partial charge in [0.1, 0.15) is 0 Å². The predicted molar refractivity (Wildman–Crippen MR) is 80.7 cm³/mol. The van der Waals surface area contributed by atoms with Crippen LogP contribution < -0.4 is 5.48 Å². The first-order valence-corrected chi connectivity index (χ1v) is 8.49.